The number of benzene rings is 1. The predicted octanol–water partition coefficient (Wildman–Crippen LogP) is 5.11. The SMILES string of the molecule is OC(Cc1cccc(Cl)c1Cl)C12CC3CC(CC(C3)C1)C2. The quantitative estimate of drug-likeness (QED) is 0.818. The van der Waals surface area contributed by atoms with Crippen LogP contribution in [0.15, 0.2) is 18.2 Å². The Hall–Kier alpha value is -0.240. The van der Waals surface area contributed by atoms with Crippen LogP contribution in [0.2, 0.25) is 10.0 Å². The van der Waals surface area contributed by atoms with Crippen LogP contribution in [0.5, 0.6) is 0 Å². The fourth-order valence-corrected chi connectivity index (χ4v) is 6.11. The normalized spacial score (nSPS) is 38.7. The van der Waals surface area contributed by atoms with E-state index in [9.17, 15) is 5.11 Å². The van der Waals surface area contributed by atoms with Crippen molar-refractivity contribution in [3.05, 3.63) is 33.8 Å². The van der Waals surface area contributed by atoms with Crippen LogP contribution in [-0.4, -0.2) is 11.2 Å². The minimum Gasteiger partial charge on any atom is -0.392 e. The van der Waals surface area contributed by atoms with Gasteiger partial charge in [-0.05, 0) is 73.3 Å². The lowest BCUT2D eigenvalue weighted by atomic mass is 9.48. The van der Waals surface area contributed by atoms with Gasteiger partial charge < -0.3 is 5.11 Å². The Bertz CT molecular complexity index is 519. The van der Waals surface area contributed by atoms with E-state index in [0.29, 0.717) is 16.5 Å². The number of aliphatic hydroxyl groups excluding tert-OH is 1. The summed E-state index contributed by atoms with van der Waals surface area (Å²) >= 11 is 12.4. The van der Waals surface area contributed by atoms with Crippen molar-refractivity contribution < 1.29 is 5.11 Å². The first-order valence-corrected chi connectivity index (χ1v) is 8.92. The molecule has 4 bridgehead atoms. The summed E-state index contributed by atoms with van der Waals surface area (Å²) in [5.74, 6) is 2.59. The number of halogens is 2. The highest BCUT2D eigenvalue weighted by atomic mass is 35.5. The Kier molecular flexibility index (Phi) is 3.52. The predicted molar refractivity (Wildman–Crippen MR) is 86.8 cm³/mol. The van der Waals surface area contributed by atoms with E-state index in [2.05, 4.69) is 0 Å². The van der Waals surface area contributed by atoms with Crippen LogP contribution in [0.3, 0.4) is 0 Å². The largest absolute Gasteiger partial charge is 0.392 e. The highest BCUT2D eigenvalue weighted by Gasteiger charge is 2.53. The van der Waals surface area contributed by atoms with Crippen molar-refractivity contribution in [3.8, 4) is 0 Å². The molecule has 0 heterocycles. The zero-order chi connectivity index (χ0) is 14.6. The van der Waals surface area contributed by atoms with Crippen LogP contribution in [-0.2, 0) is 6.42 Å². The molecule has 0 spiro atoms. The first-order valence-electron chi connectivity index (χ1n) is 8.17. The molecule has 3 heteroatoms. The lowest BCUT2D eigenvalue weighted by molar-refractivity contribution is -0.119. The molecule has 1 aromatic carbocycles. The maximum Gasteiger partial charge on any atom is 0.0637 e. The summed E-state index contributed by atoms with van der Waals surface area (Å²) in [7, 11) is 0. The molecule has 21 heavy (non-hydrogen) atoms. The van der Waals surface area contributed by atoms with Gasteiger partial charge in [-0.25, -0.2) is 0 Å². The smallest absolute Gasteiger partial charge is 0.0637 e. The summed E-state index contributed by atoms with van der Waals surface area (Å²) in [6.07, 6.45) is 8.25. The van der Waals surface area contributed by atoms with Crippen LogP contribution in [0.25, 0.3) is 0 Å². The minimum atomic E-state index is -0.276. The van der Waals surface area contributed by atoms with E-state index < -0.39 is 0 Å². The fraction of sp³-hybridized carbons (Fsp3) is 0.667. The summed E-state index contributed by atoms with van der Waals surface area (Å²) in [5.41, 5.74) is 1.15. The molecule has 4 aliphatic carbocycles. The van der Waals surface area contributed by atoms with Crippen LogP contribution in [0.1, 0.15) is 44.1 Å². The molecule has 4 saturated carbocycles. The molecule has 114 valence electrons. The topological polar surface area (TPSA) is 20.2 Å². The van der Waals surface area contributed by atoms with E-state index in [1.165, 1.54) is 38.5 Å². The summed E-state index contributed by atoms with van der Waals surface area (Å²) in [5, 5.41) is 12.2. The molecule has 1 atom stereocenters. The minimum absolute atomic E-state index is 0.153. The lowest BCUT2D eigenvalue weighted by Crippen LogP contribution is -2.52. The second-order valence-corrected chi connectivity index (χ2v) is 8.50. The molecule has 1 unspecified atom stereocenters. The van der Waals surface area contributed by atoms with Gasteiger partial charge in [-0.2, -0.15) is 0 Å². The van der Waals surface area contributed by atoms with Gasteiger partial charge in [-0.1, -0.05) is 35.3 Å². The Labute approximate surface area is 136 Å². The van der Waals surface area contributed by atoms with Gasteiger partial charge >= 0.3 is 0 Å². The van der Waals surface area contributed by atoms with Gasteiger partial charge in [0.15, 0.2) is 0 Å². The van der Waals surface area contributed by atoms with Gasteiger partial charge in [-0.3, -0.25) is 0 Å². The molecular weight excluding hydrogens is 303 g/mol. The third-order valence-corrected chi connectivity index (χ3v) is 7.10. The summed E-state index contributed by atoms with van der Waals surface area (Å²) in [6.45, 7) is 0. The first-order chi connectivity index (χ1) is 10.1. The molecule has 0 saturated heterocycles. The standard InChI is InChI=1S/C18H22Cl2O/c19-15-3-1-2-14(17(15)20)7-16(21)18-8-11-4-12(9-18)6-13(5-11)10-18/h1-3,11-13,16,21H,4-10H2. The van der Waals surface area contributed by atoms with Crippen molar-refractivity contribution in [3.63, 3.8) is 0 Å². The third-order valence-electron chi connectivity index (χ3n) is 6.24. The van der Waals surface area contributed by atoms with Gasteiger partial charge in [-0.15, -0.1) is 0 Å². The average Bonchev–Trinajstić information content (AvgIpc) is 2.42. The molecule has 1 aromatic rings. The number of aliphatic hydroxyl groups is 1. The molecule has 1 nitrogen and oxygen atoms in total. The monoisotopic (exact) mass is 324 g/mol. The molecule has 1 N–H and O–H groups in total. The van der Waals surface area contributed by atoms with E-state index in [0.717, 1.165) is 23.3 Å². The molecule has 0 aromatic heterocycles. The van der Waals surface area contributed by atoms with E-state index in [-0.39, 0.29) is 11.5 Å². The van der Waals surface area contributed by atoms with Crippen LogP contribution in [0.4, 0.5) is 0 Å². The van der Waals surface area contributed by atoms with Crippen molar-refractivity contribution in [2.75, 3.05) is 0 Å². The Morgan fingerprint density at radius 2 is 1.62 bits per heavy atom. The summed E-state index contributed by atoms with van der Waals surface area (Å²) in [6, 6.07) is 5.73. The lowest BCUT2D eigenvalue weighted by Gasteiger charge is -2.58. The molecule has 0 radical (unpaired) electrons. The second-order valence-electron chi connectivity index (χ2n) is 7.71. The maximum atomic E-state index is 11.0. The molecule has 0 amide bonds. The Morgan fingerprint density at radius 1 is 1.05 bits per heavy atom. The van der Waals surface area contributed by atoms with Gasteiger partial charge in [0.05, 0.1) is 16.1 Å². The van der Waals surface area contributed by atoms with Gasteiger partial charge in [0.25, 0.3) is 0 Å². The zero-order valence-electron chi connectivity index (χ0n) is 12.2. The Morgan fingerprint density at radius 3 is 2.19 bits per heavy atom. The van der Waals surface area contributed by atoms with Crippen LogP contribution < -0.4 is 0 Å². The molecular formula is C18H22Cl2O. The van der Waals surface area contributed by atoms with Gasteiger partial charge in [0.2, 0.25) is 0 Å². The molecule has 4 aliphatic rings. The summed E-state index contributed by atoms with van der Waals surface area (Å²) in [4.78, 5) is 0. The van der Waals surface area contributed by atoms with Crippen LogP contribution in [0, 0.1) is 23.2 Å². The van der Waals surface area contributed by atoms with Gasteiger partial charge in [0.1, 0.15) is 0 Å². The fourth-order valence-electron chi connectivity index (χ4n) is 5.72. The number of rotatable bonds is 3. The zero-order valence-corrected chi connectivity index (χ0v) is 13.7. The number of hydrogen-bond acceptors (Lipinski definition) is 1. The van der Waals surface area contributed by atoms with Crippen molar-refractivity contribution in [2.45, 2.75) is 51.0 Å². The third kappa shape index (κ3) is 2.42. The van der Waals surface area contributed by atoms with E-state index in [1.54, 1.807) is 0 Å². The number of hydrogen-bond donors (Lipinski definition) is 1. The maximum absolute atomic E-state index is 11.0. The van der Waals surface area contributed by atoms with Crippen molar-refractivity contribution in [2.24, 2.45) is 23.2 Å². The molecule has 0 aliphatic heterocycles. The van der Waals surface area contributed by atoms with Gasteiger partial charge in [0, 0.05) is 6.42 Å². The molecule has 4 fully saturated rings. The van der Waals surface area contributed by atoms with Crippen molar-refractivity contribution in [1.29, 1.82) is 0 Å². The van der Waals surface area contributed by atoms with Crippen molar-refractivity contribution >= 4 is 23.2 Å². The molecule has 5 rings (SSSR count). The van der Waals surface area contributed by atoms with E-state index in [4.69, 9.17) is 23.2 Å². The Balaban J connectivity index is 1.57. The second kappa shape index (κ2) is 5.15. The van der Waals surface area contributed by atoms with E-state index in [1.807, 2.05) is 18.2 Å². The van der Waals surface area contributed by atoms with E-state index >= 15 is 0 Å². The highest BCUT2D eigenvalue weighted by Crippen LogP contribution is 2.61. The first kappa shape index (κ1) is 14.4. The summed E-state index contributed by atoms with van der Waals surface area (Å²) < 4.78 is 0. The highest BCUT2D eigenvalue weighted by molar-refractivity contribution is 6.42. The van der Waals surface area contributed by atoms with Crippen LogP contribution >= 0.6 is 23.2 Å². The average molecular weight is 325 g/mol. The van der Waals surface area contributed by atoms with Crippen molar-refractivity contribution in [1.82, 2.24) is 0 Å².